The van der Waals surface area contributed by atoms with Crippen LogP contribution in [0.25, 0.3) is 0 Å². The average Bonchev–Trinajstić information content (AvgIpc) is 2.88. The van der Waals surface area contributed by atoms with Gasteiger partial charge >= 0.3 is 0 Å². The zero-order chi connectivity index (χ0) is 27.5. The van der Waals surface area contributed by atoms with Gasteiger partial charge in [0.05, 0.1) is 0 Å². The molecule has 0 aromatic rings. The maximum atomic E-state index is 6.55. The minimum atomic E-state index is -0.514. The molecule has 4 nitrogen and oxygen atoms in total. The first-order valence-electron chi connectivity index (χ1n) is 13.3. The molecule has 0 saturated heterocycles. The van der Waals surface area contributed by atoms with Crippen molar-refractivity contribution < 1.29 is 18.9 Å². The van der Waals surface area contributed by atoms with Gasteiger partial charge in [-0.1, -0.05) is 122 Å². The first kappa shape index (κ1) is 28.1. The second kappa shape index (κ2) is 16.8. The van der Waals surface area contributed by atoms with Crippen LogP contribution in [0.1, 0.15) is 0 Å². The van der Waals surface area contributed by atoms with Gasteiger partial charge in [-0.15, -0.1) is 0 Å². The Morgan fingerprint density at radius 2 is 0.600 bits per heavy atom. The van der Waals surface area contributed by atoms with Gasteiger partial charge in [0, 0.05) is 0 Å². The number of allylic oxidation sites excluding steroid dienone is 28. The molecular formula is C36H34O4. The number of rotatable bonds is 11. The molecule has 2 unspecified atom stereocenters. The molecule has 4 aliphatic carbocycles. The van der Waals surface area contributed by atoms with Crippen LogP contribution in [0.3, 0.4) is 0 Å². The van der Waals surface area contributed by atoms with Crippen molar-refractivity contribution in [3.63, 3.8) is 0 Å². The van der Waals surface area contributed by atoms with E-state index < -0.39 is 12.2 Å². The molecule has 202 valence electrons. The lowest BCUT2D eigenvalue weighted by atomic mass is 10.2. The van der Waals surface area contributed by atoms with Crippen LogP contribution in [0.5, 0.6) is 0 Å². The van der Waals surface area contributed by atoms with Gasteiger partial charge in [0.1, 0.15) is 36.3 Å². The topological polar surface area (TPSA) is 36.9 Å². The number of hydrogen-bond donors (Lipinski definition) is 0. The van der Waals surface area contributed by atoms with Crippen LogP contribution in [-0.2, 0) is 18.9 Å². The highest BCUT2D eigenvalue weighted by Crippen LogP contribution is 2.20. The largest absolute Gasteiger partial charge is 0.490 e. The van der Waals surface area contributed by atoms with Crippen LogP contribution in [0.2, 0.25) is 0 Å². The van der Waals surface area contributed by atoms with E-state index in [9.17, 15) is 0 Å². The summed E-state index contributed by atoms with van der Waals surface area (Å²) in [5.74, 6) is 2.83. The van der Waals surface area contributed by atoms with Crippen LogP contribution in [0, 0.1) is 0 Å². The molecule has 0 heterocycles. The fraction of sp³-hybridized carbons (Fsp3) is 0.111. The Balaban J connectivity index is 1.60. The third kappa shape index (κ3) is 10.4. The highest BCUT2D eigenvalue weighted by atomic mass is 16.6. The molecule has 4 aliphatic rings. The molecule has 0 aliphatic heterocycles. The fourth-order valence-electron chi connectivity index (χ4n) is 3.69. The lowest BCUT2D eigenvalue weighted by Crippen LogP contribution is -2.38. The predicted molar refractivity (Wildman–Crippen MR) is 164 cm³/mol. The van der Waals surface area contributed by atoms with Gasteiger partial charge in [-0.2, -0.15) is 0 Å². The highest BCUT2D eigenvalue weighted by Gasteiger charge is 2.28. The van der Waals surface area contributed by atoms with Crippen LogP contribution < -0.4 is 0 Å². The SMILES string of the molecule is C1=CC=CC(OCC(OC2=CC=CC=CC=C2)C(COC2=CC=CC=CC=C2)OC2=CC=CC=CC=C2)=CC=C1. The Bertz CT molecular complexity index is 1240. The van der Waals surface area contributed by atoms with E-state index in [-0.39, 0.29) is 13.2 Å². The molecule has 0 amide bonds. The summed E-state index contributed by atoms with van der Waals surface area (Å²) in [4.78, 5) is 0. The first-order chi connectivity index (χ1) is 19.9. The van der Waals surface area contributed by atoms with Gasteiger partial charge in [0.15, 0.2) is 12.2 Å². The predicted octanol–water partition coefficient (Wildman–Crippen LogP) is 8.05. The molecule has 0 aromatic carbocycles. The zero-order valence-electron chi connectivity index (χ0n) is 22.4. The van der Waals surface area contributed by atoms with Gasteiger partial charge < -0.3 is 18.9 Å². The van der Waals surface area contributed by atoms with E-state index in [0.29, 0.717) is 11.5 Å². The second-order valence-electron chi connectivity index (χ2n) is 8.73. The molecule has 0 fully saturated rings. The fourth-order valence-corrected chi connectivity index (χ4v) is 3.69. The van der Waals surface area contributed by atoms with E-state index in [1.807, 2.05) is 170 Å². The van der Waals surface area contributed by atoms with Gasteiger partial charge in [0.2, 0.25) is 0 Å². The third-order valence-electron chi connectivity index (χ3n) is 5.68. The summed E-state index contributed by atoms with van der Waals surface area (Å²) in [7, 11) is 0. The Morgan fingerprint density at radius 1 is 0.325 bits per heavy atom. The van der Waals surface area contributed by atoms with Crippen LogP contribution in [-0.4, -0.2) is 25.4 Å². The minimum Gasteiger partial charge on any atom is -0.490 e. The number of hydrogen-bond acceptors (Lipinski definition) is 4. The molecule has 0 spiro atoms. The molecule has 40 heavy (non-hydrogen) atoms. The summed E-state index contributed by atoms with van der Waals surface area (Å²) in [6.45, 7) is 0.466. The van der Waals surface area contributed by atoms with E-state index >= 15 is 0 Å². The summed E-state index contributed by atoms with van der Waals surface area (Å²) in [6.07, 6.45) is 53.4. The lowest BCUT2D eigenvalue weighted by Gasteiger charge is -2.29. The van der Waals surface area contributed by atoms with Crippen molar-refractivity contribution in [1.29, 1.82) is 0 Å². The van der Waals surface area contributed by atoms with Crippen molar-refractivity contribution in [2.45, 2.75) is 12.2 Å². The standard InChI is InChI=1S/C36H34O4/c1-5-13-21-31(22-14-6-1)37-29-35(39-33-25-17-9-3-10-18-26-33)36(40-34-27-19-11-4-12-20-28-34)30-38-32-23-15-7-2-8-16-24-32/h1-28,35-36H,29-30H2. The summed E-state index contributed by atoms with van der Waals surface area (Å²) in [5, 5.41) is 0. The average molecular weight is 531 g/mol. The van der Waals surface area contributed by atoms with E-state index in [4.69, 9.17) is 18.9 Å². The summed E-state index contributed by atoms with van der Waals surface area (Å²) >= 11 is 0. The third-order valence-corrected chi connectivity index (χ3v) is 5.68. The van der Waals surface area contributed by atoms with Crippen molar-refractivity contribution in [2.24, 2.45) is 0 Å². The Labute approximate surface area is 237 Å². The summed E-state index contributed by atoms with van der Waals surface area (Å²) < 4.78 is 25.6. The van der Waals surface area contributed by atoms with Gasteiger partial charge in [-0.3, -0.25) is 0 Å². The molecule has 4 heteroatoms. The van der Waals surface area contributed by atoms with E-state index in [1.165, 1.54) is 0 Å². The van der Waals surface area contributed by atoms with E-state index in [2.05, 4.69) is 0 Å². The summed E-state index contributed by atoms with van der Waals surface area (Å²) in [6, 6.07) is 0. The molecule has 0 saturated carbocycles. The molecule has 0 bridgehead atoms. The van der Waals surface area contributed by atoms with Crippen molar-refractivity contribution in [3.05, 3.63) is 193 Å². The monoisotopic (exact) mass is 530 g/mol. The highest BCUT2D eigenvalue weighted by molar-refractivity contribution is 5.31. The Hall–Kier alpha value is -4.96. The smallest absolute Gasteiger partial charge is 0.172 e. The zero-order valence-corrected chi connectivity index (χ0v) is 22.4. The van der Waals surface area contributed by atoms with E-state index in [0.717, 1.165) is 11.5 Å². The Kier molecular flexibility index (Phi) is 11.8. The first-order valence-corrected chi connectivity index (χ1v) is 13.3. The van der Waals surface area contributed by atoms with Crippen molar-refractivity contribution in [2.75, 3.05) is 13.2 Å². The normalized spacial score (nSPS) is 18.9. The van der Waals surface area contributed by atoms with Gasteiger partial charge in [-0.05, 0) is 48.6 Å². The van der Waals surface area contributed by atoms with Gasteiger partial charge in [0.25, 0.3) is 0 Å². The second-order valence-corrected chi connectivity index (χ2v) is 8.73. The maximum Gasteiger partial charge on any atom is 0.172 e. The lowest BCUT2D eigenvalue weighted by molar-refractivity contribution is -0.0715. The molecular weight excluding hydrogens is 496 g/mol. The molecule has 2 atom stereocenters. The van der Waals surface area contributed by atoms with Crippen molar-refractivity contribution in [3.8, 4) is 0 Å². The van der Waals surface area contributed by atoms with E-state index in [1.54, 1.807) is 0 Å². The summed E-state index contributed by atoms with van der Waals surface area (Å²) in [5.41, 5.74) is 0. The molecule has 4 rings (SSSR count). The van der Waals surface area contributed by atoms with Crippen molar-refractivity contribution in [1.82, 2.24) is 0 Å². The van der Waals surface area contributed by atoms with Crippen LogP contribution in [0.15, 0.2) is 193 Å². The number of ether oxygens (including phenoxy) is 4. The molecule has 0 N–H and O–H groups in total. The maximum absolute atomic E-state index is 6.55. The van der Waals surface area contributed by atoms with Crippen LogP contribution >= 0.6 is 0 Å². The van der Waals surface area contributed by atoms with Crippen molar-refractivity contribution >= 4 is 0 Å². The minimum absolute atomic E-state index is 0.233. The Morgan fingerprint density at radius 3 is 0.975 bits per heavy atom. The van der Waals surface area contributed by atoms with Crippen LogP contribution in [0.4, 0.5) is 0 Å². The van der Waals surface area contributed by atoms with Gasteiger partial charge in [-0.25, -0.2) is 0 Å². The molecule has 0 radical (unpaired) electrons. The quantitative estimate of drug-likeness (QED) is 0.271. The molecule has 0 aromatic heterocycles.